The first-order valence-corrected chi connectivity index (χ1v) is 9.55. The molecule has 0 radical (unpaired) electrons. The summed E-state index contributed by atoms with van der Waals surface area (Å²) in [6.45, 7) is 0.297. The van der Waals surface area contributed by atoms with E-state index in [1.165, 1.54) is 16.2 Å². The summed E-state index contributed by atoms with van der Waals surface area (Å²) in [4.78, 5) is 1.21. The van der Waals surface area contributed by atoms with E-state index in [9.17, 15) is 8.42 Å². The Hall–Kier alpha value is -1.47. The molecule has 108 valence electrons. The van der Waals surface area contributed by atoms with Crippen molar-refractivity contribution >= 4 is 32.7 Å². The first-order chi connectivity index (χ1) is 10.1. The van der Waals surface area contributed by atoms with E-state index in [1.54, 1.807) is 28.8 Å². The maximum absolute atomic E-state index is 12.0. The molecular weight excluding hydrogens is 322 g/mol. The van der Waals surface area contributed by atoms with Crippen LogP contribution in [0.2, 0.25) is 0 Å². The summed E-state index contributed by atoms with van der Waals surface area (Å²) < 4.78 is 27.0. The molecule has 21 heavy (non-hydrogen) atoms. The molecule has 3 nitrogen and oxygen atoms in total. The number of hydrogen-bond donors (Lipinski definition) is 1. The van der Waals surface area contributed by atoms with Gasteiger partial charge in [-0.1, -0.05) is 36.4 Å². The maximum atomic E-state index is 12.0. The third-order valence-corrected chi connectivity index (χ3v) is 6.70. The molecule has 0 aliphatic rings. The average molecular weight is 335 g/mol. The molecule has 0 atom stereocenters. The van der Waals surface area contributed by atoms with Crippen LogP contribution in [0.1, 0.15) is 5.56 Å². The first-order valence-electron chi connectivity index (χ1n) is 6.31. The molecule has 0 aliphatic carbocycles. The molecule has 6 heteroatoms. The maximum Gasteiger partial charge on any atom is 0.250 e. The Morgan fingerprint density at radius 3 is 2.24 bits per heavy atom. The van der Waals surface area contributed by atoms with Crippen LogP contribution in [0, 0.1) is 0 Å². The molecule has 2 heterocycles. The molecule has 0 bridgehead atoms. The Bertz CT molecular complexity index is 789. The van der Waals surface area contributed by atoms with E-state index in [0.717, 1.165) is 11.1 Å². The summed E-state index contributed by atoms with van der Waals surface area (Å²) in [5.74, 6) is 0. The van der Waals surface area contributed by atoms with E-state index in [2.05, 4.69) is 10.8 Å². The minimum Gasteiger partial charge on any atom is -0.206 e. The molecule has 0 spiro atoms. The van der Waals surface area contributed by atoms with Gasteiger partial charge >= 0.3 is 0 Å². The quantitative estimate of drug-likeness (QED) is 0.767. The van der Waals surface area contributed by atoms with E-state index in [0.29, 0.717) is 10.8 Å². The van der Waals surface area contributed by atoms with Crippen molar-refractivity contribution in [1.29, 1.82) is 0 Å². The molecule has 1 N–H and O–H groups in total. The van der Waals surface area contributed by atoms with Gasteiger partial charge in [-0.05, 0) is 34.0 Å². The molecule has 0 fully saturated rings. The summed E-state index contributed by atoms with van der Waals surface area (Å²) >= 11 is 2.90. The van der Waals surface area contributed by atoms with Gasteiger partial charge in [0.1, 0.15) is 4.21 Å². The predicted molar refractivity (Wildman–Crippen MR) is 88.1 cm³/mol. The van der Waals surface area contributed by atoms with E-state index < -0.39 is 10.0 Å². The van der Waals surface area contributed by atoms with Gasteiger partial charge in [-0.2, -0.15) is 0 Å². The van der Waals surface area contributed by atoms with Gasteiger partial charge in [0.15, 0.2) is 0 Å². The highest BCUT2D eigenvalue weighted by Crippen LogP contribution is 2.24. The van der Waals surface area contributed by atoms with Crippen molar-refractivity contribution in [2.24, 2.45) is 0 Å². The van der Waals surface area contributed by atoms with Crippen LogP contribution in [0.4, 0.5) is 0 Å². The number of hydrogen-bond acceptors (Lipinski definition) is 4. The highest BCUT2D eigenvalue weighted by Gasteiger charge is 2.14. The van der Waals surface area contributed by atoms with Crippen molar-refractivity contribution in [1.82, 2.24) is 4.72 Å². The molecule has 0 amide bonds. The number of thiophene rings is 2. The molecule has 3 rings (SSSR count). The van der Waals surface area contributed by atoms with Crippen molar-refractivity contribution in [3.63, 3.8) is 0 Å². The van der Waals surface area contributed by atoms with Gasteiger partial charge in [-0.25, -0.2) is 13.1 Å². The van der Waals surface area contributed by atoms with Gasteiger partial charge in [0, 0.05) is 11.4 Å². The van der Waals surface area contributed by atoms with Crippen molar-refractivity contribution in [3.05, 3.63) is 64.9 Å². The first kappa shape index (κ1) is 14.5. The summed E-state index contributed by atoms with van der Waals surface area (Å²) in [5.41, 5.74) is 2.09. The second-order valence-corrected chi connectivity index (χ2v) is 8.32. The monoisotopic (exact) mass is 335 g/mol. The SMILES string of the molecule is O=S(=O)(NCc1ccc(-c2cccs2)cc1)c1cccs1. The third kappa shape index (κ3) is 3.41. The number of nitrogens with one attached hydrogen (secondary N) is 1. The lowest BCUT2D eigenvalue weighted by molar-refractivity contribution is 0.583. The van der Waals surface area contributed by atoms with Gasteiger partial charge in [0.2, 0.25) is 10.0 Å². The number of sulfonamides is 1. The van der Waals surface area contributed by atoms with Crippen LogP contribution >= 0.6 is 22.7 Å². The summed E-state index contributed by atoms with van der Waals surface area (Å²) in [6, 6.07) is 15.4. The molecule has 0 saturated heterocycles. The topological polar surface area (TPSA) is 46.2 Å². The van der Waals surface area contributed by atoms with Crippen LogP contribution in [0.5, 0.6) is 0 Å². The zero-order valence-electron chi connectivity index (χ0n) is 11.0. The fourth-order valence-electron chi connectivity index (χ4n) is 1.90. The Kier molecular flexibility index (Phi) is 4.21. The largest absolute Gasteiger partial charge is 0.250 e. The molecular formula is C15H13NO2S3. The third-order valence-electron chi connectivity index (χ3n) is 2.99. The minimum absolute atomic E-state index is 0.297. The number of benzene rings is 1. The van der Waals surface area contributed by atoms with Gasteiger partial charge < -0.3 is 0 Å². The molecule has 2 aromatic heterocycles. The van der Waals surface area contributed by atoms with Crippen molar-refractivity contribution in [2.45, 2.75) is 10.8 Å². The molecule has 0 aliphatic heterocycles. The van der Waals surface area contributed by atoms with Crippen molar-refractivity contribution in [2.75, 3.05) is 0 Å². The summed E-state index contributed by atoms with van der Waals surface area (Å²) in [7, 11) is -3.40. The van der Waals surface area contributed by atoms with Crippen LogP contribution in [0.15, 0.2) is 63.5 Å². The van der Waals surface area contributed by atoms with Gasteiger partial charge in [0.05, 0.1) is 0 Å². The van der Waals surface area contributed by atoms with Crippen molar-refractivity contribution in [3.8, 4) is 10.4 Å². The standard InChI is InChI=1S/C15H13NO2S3/c17-21(18,15-4-2-10-20-15)16-11-12-5-7-13(8-6-12)14-3-1-9-19-14/h1-10,16H,11H2. The minimum atomic E-state index is -3.40. The van der Waals surface area contributed by atoms with Crippen LogP contribution in [-0.2, 0) is 16.6 Å². The molecule has 1 aromatic carbocycles. The lowest BCUT2D eigenvalue weighted by atomic mass is 10.1. The zero-order valence-corrected chi connectivity index (χ0v) is 13.5. The normalized spacial score (nSPS) is 11.6. The van der Waals surface area contributed by atoms with Crippen LogP contribution < -0.4 is 4.72 Å². The Labute approximate surface area is 132 Å². The van der Waals surface area contributed by atoms with Gasteiger partial charge in [-0.3, -0.25) is 0 Å². The smallest absolute Gasteiger partial charge is 0.206 e. The second-order valence-electron chi connectivity index (χ2n) is 4.43. The Morgan fingerprint density at radius 1 is 0.905 bits per heavy atom. The fourth-order valence-corrected chi connectivity index (χ4v) is 4.68. The van der Waals surface area contributed by atoms with Crippen LogP contribution in [0.3, 0.4) is 0 Å². The summed E-state index contributed by atoms with van der Waals surface area (Å²) in [5, 5.41) is 3.79. The van der Waals surface area contributed by atoms with Crippen molar-refractivity contribution < 1.29 is 8.42 Å². The average Bonchev–Trinajstić information content (AvgIpc) is 3.19. The summed E-state index contributed by atoms with van der Waals surface area (Å²) in [6.07, 6.45) is 0. The van der Waals surface area contributed by atoms with Crippen LogP contribution in [0.25, 0.3) is 10.4 Å². The van der Waals surface area contributed by atoms with E-state index in [1.807, 2.05) is 35.7 Å². The molecule has 0 saturated carbocycles. The lowest BCUT2D eigenvalue weighted by Gasteiger charge is -2.06. The van der Waals surface area contributed by atoms with E-state index >= 15 is 0 Å². The fraction of sp³-hybridized carbons (Fsp3) is 0.0667. The highest BCUT2D eigenvalue weighted by molar-refractivity contribution is 7.91. The lowest BCUT2D eigenvalue weighted by Crippen LogP contribution is -2.22. The zero-order chi connectivity index (χ0) is 14.7. The van der Waals surface area contributed by atoms with Gasteiger partial charge in [-0.15, -0.1) is 22.7 Å². The Morgan fingerprint density at radius 2 is 1.62 bits per heavy atom. The Balaban J connectivity index is 1.69. The highest BCUT2D eigenvalue weighted by atomic mass is 32.2. The van der Waals surface area contributed by atoms with E-state index in [-0.39, 0.29) is 0 Å². The number of rotatable bonds is 5. The second kappa shape index (κ2) is 6.11. The van der Waals surface area contributed by atoms with Gasteiger partial charge in [0.25, 0.3) is 0 Å². The van der Waals surface area contributed by atoms with Crippen LogP contribution in [-0.4, -0.2) is 8.42 Å². The predicted octanol–water partition coefficient (Wildman–Crippen LogP) is 3.96. The molecule has 3 aromatic rings. The molecule has 0 unspecified atom stereocenters. The van der Waals surface area contributed by atoms with E-state index in [4.69, 9.17) is 0 Å².